The lowest BCUT2D eigenvalue weighted by molar-refractivity contribution is -0.107. The summed E-state index contributed by atoms with van der Waals surface area (Å²) in [6.45, 7) is 2.38. The second kappa shape index (κ2) is 4.52. The van der Waals surface area contributed by atoms with Crippen molar-refractivity contribution in [3.8, 4) is 0 Å². The van der Waals surface area contributed by atoms with Gasteiger partial charge < -0.3 is 9.69 Å². The van der Waals surface area contributed by atoms with Crippen molar-refractivity contribution in [2.24, 2.45) is 5.92 Å². The van der Waals surface area contributed by atoms with E-state index in [-0.39, 0.29) is 0 Å². The third kappa shape index (κ3) is 2.08. The minimum atomic E-state index is 0.546. The lowest BCUT2D eigenvalue weighted by Crippen LogP contribution is -2.31. The minimum absolute atomic E-state index is 0.546. The summed E-state index contributed by atoms with van der Waals surface area (Å²) in [6, 6.07) is 6.52. The molecule has 1 aromatic carbocycles. The molecule has 1 saturated carbocycles. The molecule has 0 spiro atoms. The number of anilines is 1. The van der Waals surface area contributed by atoms with E-state index in [1.165, 1.54) is 43.5 Å². The maximum atomic E-state index is 10.6. The molecule has 1 heterocycles. The predicted octanol–water partition coefficient (Wildman–Crippen LogP) is 2.59. The van der Waals surface area contributed by atoms with Crippen LogP contribution in [0.5, 0.6) is 0 Å². The number of fused-ring (bicyclic) bond motifs is 1. The van der Waals surface area contributed by atoms with E-state index in [2.05, 4.69) is 23.1 Å². The summed E-state index contributed by atoms with van der Waals surface area (Å²) in [5.74, 6) is 0.913. The van der Waals surface area contributed by atoms with Crippen molar-refractivity contribution >= 4 is 12.0 Å². The van der Waals surface area contributed by atoms with E-state index in [4.69, 9.17) is 0 Å². The highest BCUT2D eigenvalue weighted by Crippen LogP contribution is 2.34. The smallest absolute Gasteiger partial charge is 0.124 e. The van der Waals surface area contributed by atoms with Crippen molar-refractivity contribution in [1.29, 1.82) is 0 Å². The average molecular weight is 229 g/mol. The lowest BCUT2D eigenvalue weighted by Gasteiger charge is -2.31. The SMILES string of the molecule is O=CCc1ccc2c(c1)N(CC1CCC1)CC2. The fourth-order valence-electron chi connectivity index (χ4n) is 2.89. The van der Waals surface area contributed by atoms with Crippen LogP contribution in [0.3, 0.4) is 0 Å². The quantitative estimate of drug-likeness (QED) is 0.740. The van der Waals surface area contributed by atoms with E-state index in [0.717, 1.165) is 24.3 Å². The molecule has 0 N–H and O–H groups in total. The molecule has 1 aromatic rings. The highest BCUT2D eigenvalue weighted by Gasteiger charge is 2.25. The topological polar surface area (TPSA) is 20.3 Å². The number of rotatable bonds is 4. The second-order valence-electron chi connectivity index (χ2n) is 5.33. The first kappa shape index (κ1) is 10.8. The lowest BCUT2D eigenvalue weighted by atomic mass is 9.85. The zero-order valence-electron chi connectivity index (χ0n) is 10.2. The van der Waals surface area contributed by atoms with Gasteiger partial charge in [-0.2, -0.15) is 0 Å². The van der Waals surface area contributed by atoms with Crippen LogP contribution < -0.4 is 4.90 Å². The van der Waals surface area contributed by atoms with Crippen LogP contribution in [-0.4, -0.2) is 19.4 Å². The molecule has 0 aromatic heterocycles. The van der Waals surface area contributed by atoms with Crippen molar-refractivity contribution < 1.29 is 4.79 Å². The third-order valence-electron chi connectivity index (χ3n) is 4.16. The van der Waals surface area contributed by atoms with E-state index in [1.54, 1.807) is 0 Å². The molecule has 0 amide bonds. The summed E-state index contributed by atoms with van der Waals surface area (Å²) in [7, 11) is 0. The molecular weight excluding hydrogens is 210 g/mol. The minimum Gasteiger partial charge on any atom is -0.371 e. The average Bonchev–Trinajstić information content (AvgIpc) is 2.67. The van der Waals surface area contributed by atoms with Crippen molar-refractivity contribution in [3.05, 3.63) is 29.3 Å². The molecule has 0 radical (unpaired) electrons. The van der Waals surface area contributed by atoms with Crippen LogP contribution in [0.25, 0.3) is 0 Å². The number of hydrogen-bond acceptors (Lipinski definition) is 2. The highest BCUT2D eigenvalue weighted by molar-refractivity contribution is 5.63. The Kier molecular flexibility index (Phi) is 2.87. The Bertz CT molecular complexity index is 423. The molecule has 1 aliphatic heterocycles. The number of benzene rings is 1. The molecule has 2 aliphatic rings. The van der Waals surface area contributed by atoms with E-state index >= 15 is 0 Å². The van der Waals surface area contributed by atoms with Crippen molar-refractivity contribution in [1.82, 2.24) is 0 Å². The van der Waals surface area contributed by atoms with Crippen LogP contribution in [0.1, 0.15) is 30.4 Å². The maximum absolute atomic E-state index is 10.6. The summed E-state index contributed by atoms with van der Waals surface area (Å²) in [5, 5.41) is 0. The van der Waals surface area contributed by atoms with Gasteiger partial charge in [0.15, 0.2) is 0 Å². The molecule has 0 unspecified atom stereocenters. The Morgan fingerprint density at radius 3 is 2.94 bits per heavy atom. The van der Waals surface area contributed by atoms with Gasteiger partial charge >= 0.3 is 0 Å². The molecular formula is C15H19NO. The van der Waals surface area contributed by atoms with Gasteiger partial charge in [-0.15, -0.1) is 0 Å². The third-order valence-corrected chi connectivity index (χ3v) is 4.16. The van der Waals surface area contributed by atoms with E-state index in [9.17, 15) is 4.79 Å². The number of carbonyl (C=O) groups is 1. The monoisotopic (exact) mass is 229 g/mol. The zero-order chi connectivity index (χ0) is 11.7. The first-order valence-electron chi connectivity index (χ1n) is 6.67. The standard InChI is InChI=1S/C15H19NO/c17-9-7-12-4-5-14-6-8-16(15(14)10-12)11-13-2-1-3-13/h4-5,9-10,13H,1-3,6-8,11H2. The molecule has 0 bridgehead atoms. The van der Waals surface area contributed by atoms with Crippen LogP contribution in [0, 0.1) is 5.92 Å². The number of hydrogen-bond donors (Lipinski definition) is 0. The number of nitrogens with zero attached hydrogens (tertiary/aromatic N) is 1. The second-order valence-corrected chi connectivity index (χ2v) is 5.33. The Hall–Kier alpha value is -1.31. The van der Waals surface area contributed by atoms with Crippen LogP contribution >= 0.6 is 0 Å². The Labute approximate surface area is 103 Å². The Morgan fingerprint density at radius 1 is 1.35 bits per heavy atom. The fraction of sp³-hybridized carbons (Fsp3) is 0.533. The molecule has 0 saturated heterocycles. The van der Waals surface area contributed by atoms with Crippen LogP contribution in [-0.2, 0) is 17.6 Å². The Balaban J connectivity index is 1.78. The molecule has 0 atom stereocenters. The van der Waals surface area contributed by atoms with Gasteiger partial charge in [-0.3, -0.25) is 0 Å². The molecule has 3 rings (SSSR count). The normalized spacial score (nSPS) is 18.9. The number of aldehydes is 1. The predicted molar refractivity (Wildman–Crippen MR) is 69.5 cm³/mol. The van der Waals surface area contributed by atoms with Crippen molar-refractivity contribution in [2.75, 3.05) is 18.0 Å². The van der Waals surface area contributed by atoms with Gasteiger partial charge in [0.25, 0.3) is 0 Å². The van der Waals surface area contributed by atoms with Gasteiger partial charge in [0.2, 0.25) is 0 Å². The van der Waals surface area contributed by atoms with E-state index in [0.29, 0.717) is 6.42 Å². The summed E-state index contributed by atoms with van der Waals surface area (Å²) in [4.78, 5) is 13.1. The summed E-state index contributed by atoms with van der Waals surface area (Å²) in [6.07, 6.45) is 6.93. The van der Waals surface area contributed by atoms with Gasteiger partial charge in [-0.1, -0.05) is 18.6 Å². The van der Waals surface area contributed by atoms with Gasteiger partial charge in [0.1, 0.15) is 6.29 Å². The van der Waals surface area contributed by atoms with Crippen molar-refractivity contribution in [2.45, 2.75) is 32.1 Å². The molecule has 1 fully saturated rings. The van der Waals surface area contributed by atoms with Gasteiger partial charge in [0, 0.05) is 25.2 Å². The van der Waals surface area contributed by atoms with Crippen LogP contribution in [0.2, 0.25) is 0 Å². The van der Waals surface area contributed by atoms with Crippen LogP contribution in [0.4, 0.5) is 5.69 Å². The molecule has 17 heavy (non-hydrogen) atoms. The maximum Gasteiger partial charge on any atom is 0.124 e. The van der Waals surface area contributed by atoms with E-state index in [1.807, 2.05) is 0 Å². The largest absolute Gasteiger partial charge is 0.371 e. The Morgan fingerprint density at radius 2 is 2.24 bits per heavy atom. The van der Waals surface area contributed by atoms with Gasteiger partial charge in [-0.25, -0.2) is 0 Å². The zero-order valence-corrected chi connectivity index (χ0v) is 10.2. The first-order valence-corrected chi connectivity index (χ1v) is 6.67. The van der Waals surface area contributed by atoms with Gasteiger partial charge in [-0.05, 0) is 42.4 Å². The molecule has 2 nitrogen and oxygen atoms in total. The number of carbonyl (C=O) groups excluding carboxylic acids is 1. The molecule has 2 heteroatoms. The highest BCUT2D eigenvalue weighted by atomic mass is 16.1. The molecule has 90 valence electrons. The summed E-state index contributed by atoms with van der Waals surface area (Å²) >= 11 is 0. The summed E-state index contributed by atoms with van der Waals surface area (Å²) in [5.41, 5.74) is 3.99. The summed E-state index contributed by atoms with van der Waals surface area (Å²) < 4.78 is 0. The van der Waals surface area contributed by atoms with E-state index < -0.39 is 0 Å². The fourth-order valence-corrected chi connectivity index (χ4v) is 2.89. The van der Waals surface area contributed by atoms with Crippen LogP contribution in [0.15, 0.2) is 18.2 Å². The van der Waals surface area contributed by atoms with Crippen molar-refractivity contribution in [3.63, 3.8) is 0 Å². The first-order chi connectivity index (χ1) is 8.36. The molecule has 1 aliphatic carbocycles. The van der Waals surface area contributed by atoms with Gasteiger partial charge in [0.05, 0.1) is 0 Å².